The molecule has 0 bridgehead atoms. The number of epoxide rings is 1. The summed E-state index contributed by atoms with van der Waals surface area (Å²) in [4.78, 5) is 48.3. The lowest BCUT2D eigenvalue weighted by molar-refractivity contribution is -0.121. The van der Waals surface area contributed by atoms with Gasteiger partial charge in [-0.2, -0.15) is 0 Å². The van der Waals surface area contributed by atoms with Crippen molar-refractivity contribution in [3.63, 3.8) is 0 Å². The highest BCUT2D eigenvalue weighted by Crippen LogP contribution is 2.40. The Balaban J connectivity index is 1.27. The third-order valence-electron chi connectivity index (χ3n) is 7.07. The Morgan fingerprint density at radius 1 is 0.875 bits per heavy atom. The molecule has 9 heteroatoms. The number of fused-ring (bicyclic) bond motifs is 1. The Bertz CT molecular complexity index is 1270. The van der Waals surface area contributed by atoms with Crippen LogP contribution >= 0.6 is 0 Å². The molecule has 9 nitrogen and oxygen atoms in total. The molecule has 40 heavy (non-hydrogen) atoms. The molecule has 1 heterocycles. The minimum Gasteiger partial charge on any atom is -0.510 e. The van der Waals surface area contributed by atoms with Crippen molar-refractivity contribution in [2.75, 3.05) is 0 Å². The predicted octanol–water partition coefficient (Wildman–Crippen LogP) is 3.23. The molecule has 4 N–H and O–H groups in total. The number of carbonyl (C=O) groups excluding carboxylic acids is 4. The van der Waals surface area contributed by atoms with Crippen LogP contribution in [0.4, 0.5) is 0 Å². The van der Waals surface area contributed by atoms with E-state index in [0.29, 0.717) is 5.92 Å². The number of carbonyl (C=O) groups is 4. The molecule has 0 radical (unpaired) electrons. The first-order chi connectivity index (χ1) is 19.3. The van der Waals surface area contributed by atoms with E-state index in [-0.39, 0.29) is 35.8 Å². The molecule has 1 saturated heterocycles. The summed E-state index contributed by atoms with van der Waals surface area (Å²) in [5.41, 5.74) is -1.72. The maximum absolute atomic E-state index is 12.5. The quantitative estimate of drug-likeness (QED) is 0.187. The van der Waals surface area contributed by atoms with Gasteiger partial charge in [0.2, 0.25) is 17.6 Å². The van der Waals surface area contributed by atoms with E-state index in [9.17, 15) is 29.4 Å². The summed E-state index contributed by atoms with van der Waals surface area (Å²) in [5.74, 6) is -1.28. The number of ketones is 2. The Kier molecular flexibility index (Phi) is 9.63. The molecule has 3 atom stereocenters. The minimum absolute atomic E-state index is 0.0405. The van der Waals surface area contributed by atoms with Gasteiger partial charge in [-0.15, -0.1) is 0 Å². The van der Waals surface area contributed by atoms with Crippen LogP contribution in [0, 0.1) is 5.92 Å². The highest BCUT2D eigenvalue weighted by atomic mass is 16.6. The molecule has 0 spiro atoms. The molecule has 0 aromatic carbocycles. The Morgan fingerprint density at radius 3 is 2.20 bits per heavy atom. The third kappa shape index (κ3) is 7.74. The van der Waals surface area contributed by atoms with Crippen LogP contribution < -0.4 is 10.6 Å². The van der Waals surface area contributed by atoms with E-state index in [1.54, 1.807) is 18.2 Å². The highest BCUT2D eigenvalue weighted by molar-refractivity contribution is 6.06. The molecular formula is C31H34N2O7. The van der Waals surface area contributed by atoms with Gasteiger partial charge in [-0.1, -0.05) is 73.9 Å². The summed E-state index contributed by atoms with van der Waals surface area (Å²) in [6, 6.07) is 0. The first-order valence-electron chi connectivity index (χ1n) is 13.5. The normalized spacial score (nSPS) is 27.7. The van der Waals surface area contributed by atoms with Gasteiger partial charge < -0.3 is 25.6 Å². The zero-order valence-electron chi connectivity index (χ0n) is 22.1. The van der Waals surface area contributed by atoms with Crippen molar-refractivity contribution >= 4 is 23.4 Å². The molecule has 0 unspecified atom stereocenters. The summed E-state index contributed by atoms with van der Waals surface area (Å²) in [6.07, 6.45) is 25.7. The number of ether oxygens (including phenoxy) is 1. The number of rotatable bonds is 10. The molecule has 1 aliphatic heterocycles. The standard InChI is InChI=1S/C31H34N2O7/c34-23-17-18-24(35)27(23)33-26(37)16-10-3-4-11-19-31(39)20-22(28(38)29-30(31)40-29)32-25(36)15-9-2-1-6-12-21-13-7-5-8-14-21/h1-4,6,9-12,15-16,19-21,29-30,34,39H,5,7-8,13-14,17-18H2,(H,32,36)(H,33,37)/b2-1+,4-3-,12-6+,15-9+,16-10+,19-11-/t29-,30-,31-/m0/s1. The Morgan fingerprint density at radius 2 is 1.52 bits per heavy atom. The van der Waals surface area contributed by atoms with E-state index in [1.165, 1.54) is 74.6 Å². The van der Waals surface area contributed by atoms with Crippen LogP contribution in [0.2, 0.25) is 0 Å². The second-order valence-corrected chi connectivity index (χ2v) is 10.1. The fourth-order valence-electron chi connectivity index (χ4n) is 4.87. The van der Waals surface area contributed by atoms with Crippen LogP contribution in [0.15, 0.2) is 96.1 Å². The lowest BCUT2D eigenvalue weighted by Gasteiger charge is -2.23. The van der Waals surface area contributed by atoms with Crippen molar-refractivity contribution in [2.45, 2.75) is 62.8 Å². The van der Waals surface area contributed by atoms with Gasteiger partial charge in [-0.25, -0.2) is 0 Å². The molecule has 0 aromatic heterocycles. The largest absolute Gasteiger partial charge is 0.510 e. The topological polar surface area (TPSA) is 145 Å². The second-order valence-electron chi connectivity index (χ2n) is 10.1. The van der Waals surface area contributed by atoms with E-state index in [2.05, 4.69) is 16.7 Å². The fourth-order valence-corrected chi connectivity index (χ4v) is 4.87. The molecular weight excluding hydrogens is 512 g/mol. The van der Waals surface area contributed by atoms with Crippen molar-refractivity contribution in [3.8, 4) is 0 Å². The van der Waals surface area contributed by atoms with Crippen molar-refractivity contribution in [2.24, 2.45) is 5.92 Å². The van der Waals surface area contributed by atoms with Gasteiger partial charge >= 0.3 is 0 Å². The molecule has 4 rings (SSSR count). The van der Waals surface area contributed by atoms with Gasteiger partial charge in [0.25, 0.3) is 0 Å². The molecule has 1 saturated carbocycles. The number of amides is 2. The molecule has 3 aliphatic carbocycles. The molecule has 0 aromatic rings. The summed E-state index contributed by atoms with van der Waals surface area (Å²) in [7, 11) is 0. The molecule has 2 fully saturated rings. The van der Waals surface area contributed by atoms with Gasteiger partial charge in [0, 0.05) is 25.0 Å². The molecule has 2 amide bonds. The zero-order chi connectivity index (χ0) is 28.5. The first kappa shape index (κ1) is 28.9. The number of nitrogens with one attached hydrogen (secondary N) is 2. The SMILES string of the molecule is O=C(/C=C/C=C/C=C/C1CCCCC1)NC1=C[C@@](O)(\C=C/C=C\C=C\C(=O)NC2=C(O)CCC2=O)[C@H]2O[C@H]2C1=O. The zero-order valence-corrected chi connectivity index (χ0v) is 22.1. The molecule has 4 aliphatic rings. The van der Waals surface area contributed by atoms with Crippen LogP contribution in [0.3, 0.4) is 0 Å². The number of aliphatic hydroxyl groups excluding tert-OH is 1. The first-order valence-corrected chi connectivity index (χ1v) is 13.5. The fraction of sp³-hybridized carbons (Fsp3) is 0.355. The lowest BCUT2D eigenvalue weighted by atomic mass is 9.88. The van der Waals surface area contributed by atoms with Gasteiger partial charge in [0.1, 0.15) is 23.2 Å². The smallest absolute Gasteiger partial charge is 0.248 e. The maximum Gasteiger partial charge on any atom is 0.248 e. The van der Waals surface area contributed by atoms with Crippen LogP contribution in [-0.2, 0) is 23.9 Å². The number of Topliss-reactive ketones (excluding diaryl/α,β-unsaturated/α-hetero) is 2. The minimum atomic E-state index is -1.60. The summed E-state index contributed by atoms with van der Waals surface area (Å²) < 4.78 is 5.35. The van der Waals surface area contributed by atoms with Crippen LogP contribution in [0.5, 0.6) is 0 Å². The van der Waals surface area contributed by atoms with Crippen LogP contribution in [0.25, 0.3) is 0 Å². The lowest BCUT2D eigenvalue weighted by Crippen LogP contribution is -2.42. The van der Waals surface area contributed by atoms with Crippen LogP contribution in [0.1, 0.15) is 44.9 Å². The average Bonchev–Trinajstić information content (AvgIpc) is 3.70. The van der Waals surface area contributed by atoms with E-state index < -0.39 is 35.4 Å². The van der Waals surface area contributed by atoms with Crippen molar-refractivity contribution in [1.29, 1.82) is 0 Å². The molecule has 210 valence electrons. The Hall–Kier alpha value is -4.08. The second kappa shape index (κ2) is 13.3. The van der Waals surface area contributed by atoms with E-state index in [1.807, 2.05) is 12.2 Å². The predicted molar refractivity (Wildman–Crippen MR) is 148 cm³/mol. The van der Waals surface area contributed by atoms with Gasteiger partial charge in [0.15, 0.2) is 11.9 Å². The summed E-state index contributed by atoms with van der Waals surface area (Å²) >= 11 is 0. The summed E-state index contributed by atoms with van der Waals surface area (Å²) in [6.45, 7) is 0. The van der Waals surface area contributed by atoms with Gasteiger partial charge in [-0.3, -0.25) is 19.2 Å². The van der Waals surface area contributed by atoms with Gasteiger partial charge in [-0.05, 0) is 30.9 Å². The number of allylic oxidation sites excluding steroid dienone is 11. The van der Waals surface area contributed by atoms with Gasteiger partial charge in [0.05, 0.1) is 5.70 Å². The number of aliphatic hydroxyl groups is 2. The summed E-state index contributed by atoms with van der Waals surface area (Å²) in [5, 5.41) is 25.5. The van der Waals surface area contributed by atoms with Crippen LogP contribution in [-0.4, -0.2) is 51.4 Å². The number of hydrogen-bond donors (Lipinski definition) is 4. The van der Waals surface area contributed by atoms with E-state index in [4.69, 9.17) is 4.74 Å². The van der Waals surface area contributed by atoms with E-state index >= 15 is 0 Å². The Labute approximate surface area is 233 Å². The van der Waals surface area contributed by atoms with Crippen molar-refractivity contribution in [3.05, 3.63) is 96.1 Å². The number of hydrogen-bond acceptors (Lipinski definition) is 7. The van der Waals surface area contributed by atoms with Crippen molar-refractivity contribution in [1.82, 2.24) is 10.6 Å². The highest BCUT2D eigenvalue weighted by Gasteiger charge is 2.59. The maximum atomic E-state index is 12.5. The monoisotopic (exact) mass is 546 g/mol. The van der Waals surface area contributed by atoms with E-state index in [0.717, 1.165) is 0 Å². The third-order valence-corrected chi connectivity index (χ3v) is 7.07. The average molecular weight is 547 g/mol. The van der Waals surface area contributed by atoms with Crippen molar-refractivity contribution < 1.29 is 34.1 Å².